The van der Waals surface area contributed by atoms with Crippen LogP contribution < -0.4 is 5.32 Å². The monoisotopic (exact) mass is 357 g/mol. The zero-order valence-electron chi connectivity index (χ0n) is 16.9. The molecular weight excluding hydrogens is 322 g/mol. The summed E-state index contributed by atoms with van der Waals surface area (Å²) in [6.07, 6.45) is 7.35. The van der Waals surface area contributed by atoms with Crippen LogP contribution in [0.1, 0.15) is 71.8 Å². The van der Waals surface area contributed by atoms with Crippen LogP contribution >= 0.6 is 0 Å². The summed E-state index contributed by atoms with van der Waals surface area (Å²) >= 11 is 0. The van der Waals surface area contributed by atoms with Gasteiger partial charge in [0.2, 0.25) is 0 Å². The van der Waals surface area contributed by atoms with E-state index in [4.69, 9.17) is 4.74 Å². The van der Waals surface area contributed by atoms with Gasteiger partial charge in [-0.1, -0.05) is 49.6 Å². The molecule has 1 N–H and O–H groups in total. The molecule has 2 unspecified atom stereocenters. The van der Waals surface area contributed by atoms with Crippen LogP contribution in [0.25, 0.3) is 0 Å². The fraction of sp³-hybridized carbons (Fsp3) is 0.696. The largest absolute Gasteiger partial charge is 0.462 e. The van der Waals surface area contributed by atoms with E-state index < -0.39 is 0 Å². The van der Waals surface area contributed by atoms with Gasteiger partial charge in [-0.25, -0.2) is 0 Å². The van der Waals surface area contributed by atoms with Crippen LogP contribution in [0.2, 0.25) is 0 Å². The van der Waals surface area contributed by atoms with Crippen molar-refractivity contribution < 1.29 is 9.53 Å². The van der Waals surface area contributed by atoms with Crippen LogP contribution in [0.3, 0.4) is 0 Å². The van der Waals surface area contributed by atoms with Gasteiger partial charge in [0.1, 0.15) is 6.10 Å². The van der Waals surface area contributed by atoms with Crippen molar-refractivity contribution >= 4 is 5.97 Å². The molecule has 2 aliphatic rings. The van der Waals surface area contributed by atoms with E-state index in [0.717, 1.165) is 38.5 Å². The van der Waals surface area contributed by atoms with Gasteiger partial charge in [-0.05, 0) is 52.5 Å². The van der Waals surface area contributed by atoms with Crippen molar-refractivity contribution in [2.24, 2.45) is 11.8 Å². The summed E-state index contributed by atoms with van der Waals surface area (Å²) in [4.78, 5) is 12.8. The predicted octanol–water partition coefficient (Wildman–Crippen LogP) is 4.89. The van der Waals surface area contributed by atoms with Gasteiger partial charge in [-0.15, -0.1) is 0 Å². The predicted molar refractivity (Wildman–Crippen MR) is 106 cm³/mol. The first kappa shape index (κ1) is 19.4. The number of rotatable bonds is 4. The van der Waals surface area contributed by atoms with Crippen molar-refractivity contribution in [2.45, 2.75) is 89.8 Å². The van der Waals surface area contributed by atoms with E-state index in [0.29, 0.717) is 0 Å². The number of nitrogens with one attached hydrogen (secondary N) is 1. The molecule has 1 aliphatic heterocycles. The number of benzene rings is 1. The normalized spacial score (nSPS) is 28.5. The number of ether oxygens (including phenoxy) is 1. The van der Waals surface area contributed by atoms with Crippen LogP contribution in [0, 0.1) is 11.8 Å². The van der Waals surface area contributed by atoms with Gasteiger partial charge < -0.3 is 10.1 Å². The average molecular weight is 358 g/mol. The maximum absolute atomic E-state index is 12.8. The standard InChI is InChI=1S/C23H35NO2/c1-22(2)16-20(26-21(25)18-13-9-6-10-14-18)19(23(3,4)24-22)15-17-11-7-5-8-12-17/h5,7-8,11-12,18-20,24H,6,9-10,13-16H2,1-4H3. The highest BCUT2D eigenvalue weighted by atomic mass is 16.5. The summed E-state index contributed by atoms with van der Waals surface area (Å²) in [5, 5.41) is 3.79. The Balaban J connectivity index is 1.78. The maximum atomic E-state index is 12.8. The Hall–Kier alpha value is -1.35. The maximum Gasteiger partial charge on any atom is 0.309 e. The average Bonchev–Trinajstić information content (AvgIpc) is 2.58. The van der Waals surface area contributed by atoms with Gasteiger partial charge in [-0.2, -0.15) is 0 Å². The summed E-state index contributed by atoms with van der Waals surface area (Å²) in [6, 6.07) is 10.6. The zero-order chi connectivity index (χ0) is 18.8. The van der Waals surface area contributed by atoms with Gasteiger partial charge in [0.25, 0.3) is 0 Å². The van der Waals surface area contributed by atoms with E-state index >= 15 is 0 Å². The molecule has 2 atom stereocenters. The Morgan fingerprint density at radius 1 is 1.08 bits per heavy atom. The molecule has 3 nitrogen and oxygen atoms in total. The van der Waals surface area contributed by atoms with Gasteiger partial charge in [0, 0.05) is 23.4 Å². The Morgan fingerprint density at radius 3 is 2.38 bits per heavy atom. The first-order valence-corrected chi connectivity index (χ1v) is 10.3. The number of carbonyl (C=O) groups is 1. The molecule has 26 heavy (non-hydrogen) atoms. The van der Waals surface area contributed by atoms with E-state index in [1.54, 1.807) is 0 Å². The lowest BCUT2D eigenvalue weighted by Crippen LogP contribution is -2.65. The zero-order valence-corrected chi connectivity index (χ0v) is 16.9. The Labute approximate surface area is 158 Å². The van der Waals surface area contributed by atoms with Crippen molar-refractivity contribution in [1.29, 1.82) is 0 Å². The summed E-state index contributed by atoms with van der Waals surface area (Å²) in [7, 11) is 0. The molecule has 0 radical (unpaired) electrons. The van der Waals surface area contributed by atoms with Crippen molar-refractivity contribution in [3.63, 3.8) is 0 Å². The number of carbonyl (C=O) groups excluding carboxylic acids is 1. The molecule has 0 aromatic heterocycles. The molecule has 3 heteroatoms. The van der Waals surface area contributed by atoms with Crippen molar-refractivity contribution in [2.75, 3.05) is 0 Å². The fourth-order valence-corrected chi connectivity index (χ4v) is 5.09. The number of esters is 1. The molecule has 1 aliphatic carbocycles. The quantitative estimate of drug-likeness (QED) is 0.780. The summed E-state index contributed by atoms with van der Waals surface area (Å²) in [6.45, 7) is 8.94. The van der Waals surface area contributed by atoms with E-state index in [2.05, 4.69) is 63.3 Å². The minimum atomic E-state index is -0.0882. The summed E-state index contributed by atoms with van der Waals surface area (Å²) in [5.74, 6) is 0.425. The highest BCUT2D eigenvalue weighted by molar-refractivity contribution is 5.72. The third kappa shape index (κ3) is 4.68. The first-order valence-electron chi connectivity index (χ1n) is 10.3. The first-order chi connectivity index (χ1) is 12.3. The fourth-order valence-electron chi connectivity index (χ4n) is 5.09. The molecule has 0 bridgehead atoms. The van der Waals surface area contributed by atoms with E-state index in [9.17, 15) is 4.79 Å². The minimum Gasteiger partial charge on any atom is -0.462 e. The highest BCUT2D eigenvalue weighted by Crippen LogP contribution is 2.38. The summed E-state index contributed by atoms with van der Waals surface area (Å²) in [5.41, 5.74) is 1.19. The van der Waals surface area contributed by atoms with Crippen LogP contribution in [0.15, 0.2) is 30.3 Å². The molecule has 0 amide bonds. The molecule has 2 fully saturated rings. The number of piperidine rings is 1. The van der Waals surface area contributed by atoms with Gasteiger partial charge in [-0.3, -0.25) is 4.79 Å². The Bertz CT molecular complexity index is 602. The van der Waals surface area contributed by atoms with Crippen molar-refractivity contribution in [1.82, 2.24) is 5.32 Å². The smallest absolute Gasteiger partial charge is 0.309 e. The van der Waals surface area contributed by atoms with Gasteiger partial charge in [0.15, 0.2) is 0 Å². The lowest BCUT2D eigenvalue weighted by molar-refractivity contribution is -0.164. The SMILES string of the molecule is CC1(C)CC(OC(=O)C2CCCCC2)C(Cc2ccccc2)C(C)(C)N1. The second kappa shape index (κ2) is 7.72. The molecule has 3 rings (SSSR count). The molecule has 1 saturated heterocycles. The molecule has 0 spiro atoms. The molecule has 144 valence electrons. The third-order valence-corrected chi connectivity index (χ3v) is 6.25. The molecule has 1 heterocycles. The van der Waals surface area contributed by atoms with Crippen molar-refractivity contribution in [3.8, 4) is 0 Å². The second-order valence-corrected chi connectivity index (χ2v) is 9.54. The lowest BCUT2D eigenvalue weighted by Gasteiger charge is -2.51. The van der Waals surface area contributed by atoms with Crippen molar-refractivity contribution in [3.05, 3.63) is 35.9 Å². The van der Waals surface area contributed by atoms with E-state index in [-0.39, 0.29) is 35.0 Å². The molecular formula is C23H35NO2. The van der Waals surface area contributed by atoms with Crippen LogP contribution in [0.5, 0.6) is 0 Å². The van der Waals surface area contributed by atoms with Crippen LogP contribution in [-0.2, 0) is 16.0 Å². The third-order valence-electron chi connectivity index (χ3n) is 6.25. The molecule has 1 aromatic rings. The minimum absolute atomic E-state index is 0.0316. The molecule has 1 saturated carbocycles. The number of hydrogen-bond acceptors (Lipinski definition) is 3. The van der Waals surface area contributed by atoms with E-state index in [1.165, 1.54) is 12.0 Å². The van der Waals surface area contributed by atoms with Crippen LogP contribution in [0.4, 0.5) is 0 Å². The van der Waals surface area contributed by atoms with Gasteiger partial charge in [0.05, 0.1) is 5.92 Å². The van der Waals surface area contributed by atoms with Gasteiger partial charge >= 0.3 is 5.97 Å². The Morgan fingerprint density at radius 2 is 1.73 bits per heavy atom. The highest BCUT2D eigenvalue weighted by Gasteiger charge is 2.47. The lowest BCUT2D eigenvalue weighted by atomic mass is 9.70. The second-order valence-electron chi connectivity index (χ2n) is 9.54. The van der Waals surface area contributed by atoms with E-state index in [1.807, 2.05) is 0 Å². The molecule has 1 aromatic carbocycles. The topological polar surface area (TPSA) is 38.3 Å². The Kier molecular flexibility index (Phi) is 5.76. The van der Waals surface area contributed by atoms with Crippen LogP contribution in [-0.4, -0.2) is 23.2 Å². The summed E-state index contributed by atoms with van der Waals surface area (Å²) < 4.78 is 6.21. The number of hydrogen-bond donors (Lipinski definition) is 1.